The molecule has 0 spiro atoms. The molecule has 0 fully saturated rings. The number of allylic oxidation sites excluding steroid dienone is 2. The van der Waals surface area contributed by atoms with Crippen LogP contribution in [-0.2, 0) is 9.63 Å². The zero-order valence-electron chi connectivity index (χ0n) is 9.45. The molecule has 0 radical (unpaired) electrons. The van der Waals surface area contributed by atoms with Gasteiger partial charge in [0.1, 0.15) is 6.61 Å². The topological polar surface area (TPSA) is 64.3 Å². The van der Waals surface area contributed by atoms with Crippen molar-refractivity contribution in [1.29, 1.82) is 0 Å². The second kappa shape index (κ2) is 5.88. The highest BCUT2D eigenvalue weighted by Gasteiger charge is 2.17. The number of amides is 1. The summed E-state index contributed by atoms with van der Waals surface area (Å²) in [6, 6.07) is 0. The zero-order valence-corrected chi connectivity index (χ0v) is 9.45. The largest absolute Gasteiger partial charge is 0.368 e. The van der Waals surface area contributed by atoms with E-state index < -0.39 is 5.91 Å². The number of carbonyl (C=O) groups excluding carboxylic acids is 1. The van der Waals surface area contributed by atoms with Crippen LogP contribution >= 0.6 is 0 Å². The molecule has 1 amide bonds. The molecule has 0 aromatic carbocycles. The van der Waals surface area contributed by atoms with E-state index in [9.17, 15) is 4.79 Å². The molecule has 1 aliphatic carbocycles. The van der Waals surface area contributed by atoms with Crippen LogP contribution in [0.2, 0.25) is 0 Å². The molecule has 86 valence electrons. The van der Waals surface area contributed by atoms with Gasteiger partial charge in [0.15, 0.2) is 0 Å². The van der Waals surface area contributed by atoms with Crippen LogP contribution in [0.3, 0.4) is 0 Å². The van der Waals surface area contributed by atoms with E-state index in [1.165, 1.54) is 12.0 Å². The molecule has 15 heavy (non-hydrogen) atoms. The van der Waals surface area contributed by atoms with Crippen LogP contribution in [0.1, 0.15) is 26.7 Å². The molecule has 4 nitrogen and oxygen atoms in total. The molecule has 0 saturated carbocycles. The minimum atomic E-state index is -0.449. The third-order valence-corrected chi connectivity index (χ3v) is 2.57. The zero-order chi connectivity index (χ0) is 11.3. The predicted octanol–water partition coefficient (Wildman–Crippen LogP) is 0.985. The Hall–Kier alpha value is -0.870. The van der Waals surface area contributed by atoms with Crippen LogP contribution in [0.4, 0.5) is 0 Å². The molecule has 1 rings (SSSR count). The first-order valence-electron chi connectivity index (χ1n) is 5.38. The van der Waals surface area contributed by atoms with E-state index in [0.717, 1.165) is 13.0 Å². The van der Waals surface area contributed by atoms with Crippen LogP contribution in [-0.4, -0.2) is 19.1 Å². The van der Waals surface area contributed by atoms with Gasteiger partial charge in [0, 0.05) is 6.54 Å². The van der Waals surface area contributed by atoms with Gasteiger partial charge in [-0.3, -0.25) is 9.63 Å². The summed E-state index contributed by atoms with van der Waals surface area (Å²) in [4.78, 5) is 15.3. The van der Waals surface area contributed by atoms with Crippen molar-refractivity contribution in [1.82, 2.24) is 5.48 Å². The maximum Gasteiger partial charge on any atom is 0.245 e. The highest BCUT2D eigenvalue weighted by Crippen LogP contribution is 2.27. The van der Waals surface area contributed by atoms with Crippen molar-refractivity contribution in [3.8, 4) is 0 Å². The Morgan fingerprint density at radius 2 is 2.47 bits per heavy atom. The van der Waals surface area contributed by atoms with Gasteiger partial charge in [0.05, 0.1) is 0 Å². The lowest BCUT2D eigenvalue weighted by molar-refractivity contribution is -0.125. The normalized spacial score (nSPS) is 26.1. The first kappa shape index (κ1) is 12.2. The molecule has 0 saturated heterocycles. The minimum Gasteiger partial charge on any atom is -0.368 e. The van der Waals surface area contributed by atoms with Gasteiger partial charge in [0.25, 0.3) is 0 Å². The Bertz CT molecular complexity index is 251. The fraction of sp³-hybridized carbons (Fsp3) is 0.727. The Balaban J connectivity index is 2.17. The van der Waals surface area contributed by atoms with Crippen molar-refractivity contribution in [3.63, 3.8) is 0 Å². The van der Waals surface area contributed by atoms with Crippen molar-refractivity contribution in [2.75, 3.05) is 13.2 Å². The van der Waals surface area contributed by atoms with Gasteiger partial charge < -0.3 is 5.73 Å². The molecule has 0 aliphatic heterocycles. The van der Waals surface area contributed by atoms with Crippen molar-refractivity contribution in [2.45, 2.75) is 26.7 Å². The van der Waals surface area contributed by atoms with E-state index in [-0.39, 0.29) is 6.61 Å². The van der Waals surface area contributed by atoms with E-state index in [2.05, 4.69) is 25.4 Å². The third-order valence-electron chi connectivity index (χ3n) is 2.57. The summed E-state index contributed by atoms with van der Waals surface area (Å²) in [5, 5.41) is 0. The Morgan fingerprint density at radius 1 is 1.73 bits per heavy atom. The summed E-state index contributed by atoms with van der Waals surface area (Å²) < 4.78 is 0. The predicted molar refractivity (Wildman–Crippen MR) is 58.8 cm³/mol. The maximum absolute atomic E-state index is 10.4. The summed E-state index contributed by atoms with van der Waals surface area (Å²) >= 11 is 0. The third kappa shape index (κ3) is 4.95. The Morgan fingerprint density at radius 3 is 3.07 bits per heavy atom. The fourth-order valence-electron chi connectivity index (χ4n) is 2.14. The second-order valence-corrected chi connectivity index (χ2v) is 4.40. The molecule has 0 aromatic heterocycles. The molecule has 1 aliphatic rings. The van der Waals surface area contributed by atoms with Gasteiger partial charge in [-0.25, -0.2) is 5.48 Å². The lowest BCUT2D eigenvalue weighted by atomic mass is 9.84. The molecule has 3 N–H and O–H groups in total. The van der Waals surface area contributed by atoms with Gasteiger partial charge >= 0.3 is 0 Å². The molecule has 0 aromatic rings. The number of hydrogen-bond donors (Lipinski definition) is 2. The number of nitrogens with one attached hydrogen (secondary N) is 1. The first-order valence-corrected chi connectivity index (χ1v) is 5.38. The van der Waals surface area contributed by atoms with Gasteiger partial charge in [-0.1, -0.05) is 18.6 Å². The summed E-state index contributed by atoms with van der Waals surface area (Å²) in [7, 11) is 0. The number of carbonyl (C=O) groups is 1. The van der Waals surface area contributed by atoms with E-state index in [4.69, 9.17) is 10.6 Å². The number of primary amides is 1. The first-order chi connectivity index (χ1) is 7.08. The lowest BCUT2D eigenvalue weighted by Gasteiger charge is -2.25. The molecular formula is C11H20N2O2. The lowest BCUT2D eigenvalue weighted by Crippen LogP contribution is -2.30. The van der Waals surface area contributed by atoms with Gasteiger partial charge in [0.2, 0.25) is 5.91 Å². The van der Waals surface area contributed by atoms with Crippen molar-refractivity contribution in [3.05, 3.63) is 11.6 Å². The molecule has 2 unspecified atom stereocenters. The average Bonchev–Trinajstić information content (AvgIpc) is 2.10. The number of hydroxylamine groups is 1. The van der Waals surface area contributed by atoms with Crippen LogP contribution in [0.25, 0.3) is 0 Å². The number of rotatable bonds is 5. The SMILES string of the molecule is CC1=CC(C)CC(CNOCC(N)=O)C1. The van der Waals surface area contributed by atoms with E-state index >= 15 is 0 Å². The Kier molecular flexibility index (Phi) is 4.78. The molecule has 4 heteroatoms. The number of hydrogen-bond acceptors (Lipinski definition) is 3. The van der Waals surface area contributed by atoms with Crippen LogP contribution in [0, 0.1) is 11.8 Å². The van der Waals surface area contributed by atoms with Gasteiger partial charge in [-0.2, -0.15) is 0 Å². The summed E-state index contributed by atoms with van der Waals surface area (Å²) in [5.41, 5.74) is 9.18. The fourth-order valence-corrected chi connectivity index (χ4v) is 2.14. The molecular weight excluding hydrogens is 192 g/mol. The Labute approximate surface area is 90.8 Å². The van der Waals surface area contributed by atoms with Gasteiger partial charge in [-0.05, 0) is 31.6 Å². The smallest absolute Gasteiger partial charge is 0.245 e. The maximum atomic E-state index is 10.4. The average molecular weight is 212 g/mol. The summed E-state index contributed by atoms with van der Waals surface area (Å²) in [6.45, 7) is 5.10. The quantitative estimate of drug-likeness (QED) is 0.406. The van der Waals surface area contributed by atoms with E-state index in [1.54, 1.807) is 0 Å². The van der Waals surface area contributed by atoms with E-state index in [0.29, 0.717) is 11.8 Å². The number of nitrogens with two attached hydrogens (primary N) is 1. The van der Waals surface area contributed by atoms with Crippen molar-refractivity contribution < 1.29 is 9.63 Å². The summed E-state index contributed by atoms with van der Waals surface area (Å²) in [5.74, 6) is 0.787. The second-order valence-electron chi connectivity index (χ2n) is 4.40. The van der Waals surface area contributed by atoms with E-state index in [1.807, 2.05) is 0 Å². The van der Waals surface area contributed by atoms with Crippen molar-refractivity contribution >= 4 is 5.91 Å². The molecule has 2 atom stereocenters. The highest BCUT2D eigenvalue weighted by atomic mass is 16.6. The van der Waals surface area contributed by atoms with Crippen LogP contribution in [0.15, 0.2) is 11.6 Å². The molecule has 0 bridgehead atoms. The minimum absolute atomic E-state index is 0.0584. The van der Waals surface area contributed by atoms with Crippen LogP contribution < -0.4 is 11.2 Å². The standard InChI is InChI=1S/C11H20N2O2/c1-8-3-9(2)5-10(4-8)6-13-15-7-11(12)14/h3,8,10,13H,4-7H2,1-2H3,(H2,12,14). The highest BCUT2D eigenvalue weighted by molar-refractivity contribution is 5.74. The van der Waals surface area contributed by atoms with Crippen molar-refractivity contribution in [2.24, 2.45) is 17.6 Å². The van der Waals surface area contributed by atoms with Crippen LogP contribution in [0.5, 0.6) is 0 Å². The summed E-state index contributed by atoms with van der Waals surface area (Å²) in [6.07, 6.45) is 4.60. The van der Waals surface area contributed by atoms with Gasteiger partial charge in [-0.15, -0.1) is 0 Å². The monoisotopic (exact) mass is 212 g/mol. The molecule has 0 heterocycles.